The average molecular weight is 246 g/mol. The lowest BCUT2D eigenvalue weighted by Gasteiger charge is -2.17. The molecule has 96 valence electrons. The van der Waals surface area contributed by atoms with Crippen molar-refractivity contribution < 1.29 is 9.21 Å². The van der Waals surface area contributed by atoms with Gasteiger partial charge in [-0.3, -0.25) is 4.79 Å². The Morgan fingerprint density at radius 3 is 2.67 bits per heavy atom. The average Bonchev–Trinajstić information content (AvgIpc) is 2.63. The smallest absolute Gasteiger partial charge is 0.239 e. The second kappa shape index (κ2) is 4.46. The molecular formula is C14H18N2O2. The molecule has 0 aliphatic carbocycles. The first kappa shape index (κ1) is 12.6. The highest BCUT2D eigenvalue weighted by atomic mass is 16.3. The number of aryl methyl sites for hydroxylation is 1. The first-order chi connectivity index (χ1) is 8.39. The monoisotopic (exact) mass is 246 g/mol. The summed E-state index contributed by atoms with van der Waals surface area (Å²) in [6, 6.07) is 7.82. The maximum atomic E-state index is 11.7. The molecule has 2 aromatic rings. The predicted octanol–water partition coefficient (Wildman–Crippen LogP) is 2.09. The molecule has 1 heterocycles. The van der Waals surface area contributed by atoms with Crippen molar-refractivity contribution in [1.82, 2.24) is 5.32 Å². The van der Waals surface area contributed by atoms with Crippen molar-refractivity contribution in [3.8, 4) is 0 Å². The Balaban J connectivity index is 2.18. The van der Waals surface area contributed by atoms with Crippen LogP contribution in [0.2, 0.25) is 0 Å². The van der Waals surface area contributed by atoms with Crippen molar-refractivity contribution in [1.29, 1.82) is 0 Å². The fourth-order valence-electron chi connectivity index (χ4n) is 1.78. The number of benzene rings is 1. The van der Waals surface area contributed by atoms with Gasteiger partial charge in [0.1, 0.15) is 11.3 Å². The molecule has 2 rings (SSSR count). The van der Waals surface area contributed by atoms with Gasteiger partial charge >= 0.3 is 0 Å². The van der Waals surface area contributed by atoms with E-state index in [2.05, 4.69) is 5.32 Å². The van der Waals surface area contributed by atoms with Crippen LogP contribution >= 0.6 is 0 Å². The van der Waals surface area contributed by atoms with E-state index in [1.807, 2.05) is 31.2 Å². The van der Waals surface area contributed by atoms with Crippen LogP contribution in [0.5, 0.6) is 0 Å². The Labute approximate surface area is 106 Å². The van der Waals surface area contributed by atoms with Crippen LogP contribution in [-0.4, -0.2) is 11.4 Å². The molecule has 0 bridgehead atoms. The van der Waals surface area contributed by atoms with Gasteiger partial charge in [-0.25, -0.2) is 0 Å². The van der Waals surface area contributed by atoms with Gasteiger partial charge < -0.3 is 15.5 Å². The first-order valence-electron chi connectivity index (χ1n) is 5.94. The second-order valence-corrected chi connectivity index (χ2v) is 5.05. The number of hydrogen-bond acceptors (Lipinski definition) is 3. The highest BCUT2D eigenvalue weighted by molar-refractivity contribution is 5.85. The zero-order valence-corrected chi connectivity index (χ0v) is 10.9. The number of nitrogens with one attached hydrogen (secondary N) is 1. The molecular weight excluding hydrogens is 228 g/mol. The zero-order valence-electron chi connectivity index (χ0n) is 10.9. The van der Waals surface area contributed by atoms with E-state index < -0.39 is 5.54 Å². The van der Waals surface area contributed by atoms with Crippen molar-refractivity contribution in [2.75, 3.05) is 0 Å². The van der Waals surface area contributed by atoms with Crippen molar-refractivity contribution >= 4 is 16.9 Å². The van der Waals surface area contributed by atoms with Crippen LogP contribution in [0.1, 0.15) is 25.2 Å². The van der Waals surface area contributed by atoms with Crippen LogP contribution in [0.4, 0.5) is 0 Å². The van der Waals surface area contributed by atoms with E-state index in [1.165, 1.54) is 0 Å². The highest BCUT2D eigenvalue weighted by Gasteiger charge is 2.22. The third kappa shape index (κ3) is 2.38. The summed E-state index contributed by atoms with van der Waals surface area (Å²) in [5.74, 6) is 0.580. The number of fused-ring (bicyclic) bond motifs is 1. The van der Waals surface area contributed by atoms with E-state index in [0.717, 1.165) is 22.3 Å². The molecule has 0 unspecified atom stereocenters. The summed E-state index contributed by atoms with van der Waals surface area (Å²) in [5.41, 5.74) is 6.73. The van der Waals surface area contributed by atoms with Gasteiger partial charge in [-0.1, -0.05) is 18.2 Å². The van der Waals surface area contributed by atoms with Crippen LogP contribution in [0.3, 0.4) is 0 Å². The Kier molecular flexibility index (Phi) is 3.13. The van der Waals surface area contributed by atoms with Gasteiger partial charge in [-0.15, -0.1) is 0 Å². The number of nitrogens with two attached hydrogens (primary N) is 1. The Bertz CT molecular complexity index is 579. The zero-order chi connectivity index (χ0) is 13.3. The topological polar surface area (TPSA) is 68.3 Å². The lowest BCUT2D eigenvalue weighted by molar-refractivity contribution is -0.125. The van der Waals surface area contributed by atoms with Gasteiger partial charge in [-0.05, 0) is 26.8 Å². The molecule has 0 spiro atoms. The first-order valence-corrected chi connectivity index (χ1v) is 5.94. The van der Waals surface area contributed by atoms with E-state index in [-0.39, 0.29) is 5.91 Å². The number of carbonyl (C=O) groups is 1. The summed E-state index contributed by atoms with van der Waals surface area (Å²) in [4.78, 5) is 11.7. The molecule has 0 aliphatic heterocycles. The number of amides is 1. The van der Waals surface area contributed by atoms with Gasteiger partial charge in [0, 0.05) is 10.9 Å². The molecule has 0 fully saturated rings. The largest absolute Gasteiger partial charge is 0.459 e. The minimum Gasteiger partial charge on any atom is -0.459 e. The molecule has 1 aromatic heterocycles. The summed E-state index contributed by atoms with van der Waals surface area (Å²) >= 11 is 0. The van der Waals surface area contributed by atoms with E-state index in [0.29, 0.717) is 6.54 Å². The van der Waals surface area contributed by atoms with Crippen molar-refractivity contribution in [2.45, 2.75) is 32.9 Å². The lowest BCUT2D eigenvalue weighted by Crippen LogP contribution is -2.48. The maximum absolute atomic E-state index is 11.7. The molecule has 18 heavy (non-hydrogen) atoms. The molecule has 3 N–H and O–H groups in total. The molecule has 0 radical (unpaired) electrons. The third-order valence-corrected chi connectivity index (χ3v) is 2.94. The van der Waals surface area contributed by atoms with E-state index in [4.69, 9.17) is 10.2 Å². The maximum Gasteiger partial charge on any atom is 0.239 e. The molecule has 1 aromatic carbocycles. The van der Waals surface area contributed by atoms with Crippen molar-refractivity contribution in [3.63, 3.8) is 0 Å². The summed E-state index contributed by atoms with van der Waals surface area (Å²) in [5, 5.41) is 3.86. The molecule has 4 heteroatoms. The van der Waals surface area contributed by atoms with Crippen LogP contribution < -0.4 is 11.1 Å². The van der Waals surface area contributed by atoms with E-state index >= 15 is 0 Å². The van der Waals surface area contributed by atoms with Crippen LogP contribution in [-0.2, 0) is 11.3 Å². The number of furan rings is 1. The highest BCUT2D eigenvalue weighted by Crippen LogP contribution is 2.24. The number of carbonyl (C=O) groups excluding carboxylic acids is 1. The number of para-hydroxylation sites is 1. The SMILES string of the molecule is Cc1c(CNC(=O)C(C)(C)N)oc2ccccc12. The van der Waals surface area contributed by atoms with E-state index in [1.54, 1.807) is 13.8 Å². The summed E-state index contributed by atoms with van der Waals surface area (Å²) in [6.45, 7) is 5.70. The second-order valence-electron chi connectivity index (χ2n) is 5.05. The van der Waals surface area contributed by atoms with Crippen molar-refractivity contribution in [3.05, 3.63) is 35.6 Å². The van der Waals surface area contributed by atoms with Gasteiger partial charge in [0.25, 0.3) is 0 Å². The summed E-state index contributed by atoms with van der Waals surface area (Å²) in [6.07, 6.45) is 0. The van der Waals surface area contributed by atoms with Gasteiger partial charge in [0.05, 0.1) is 12.1 Å². The predicted molar refractivity (Wildman–Crippen MR) is 71.1 cm³/mol. The Morgan fingerprint density at radius 1 is 1.39 bits per heavy atom. The fourth-order valence-corrected chi connectivity index (χ4v) is 1.78. The van der Waals surface area contributed by atoms with Crippen molar-refractivity contribution in [2.24, 2.45) is 5.73 Å². The minimum absolute atomic E-state index is 0.192. The lowest BCUT2D eigenvalue weighted by atomic mass is 10.1. The standard InChI is InChI=1S/C14H18N2O2/c1-9-10-6-4-5-7-11(10)18-12(9)8-16-13(17)14(2,3)15/h4-7H,8,15H2,1-3H3,(H,16,17). The minimum atomic E-state index is -0.875. The van der Waals surface area contributed by atoms with Gasteiger partial charge in [0.2, 0.25) is 5.91 Å². The summed E-state index contributed by atoms with van der Waals surface area (Å²) in [7, 11) is 0. The molecule has 0 saturated heterocycles. The molecule has 0 atom stereocenters. The Hall–Kier alpha value is -1.81. The number of rotatable bonds is 3. The third-order valence-electron chi connectivity index (χ3n) is 2.94. The van der Waals surface area contributed by atoms with Gasteiger partial charge in [-0.2, -0.15) is 0 Å². The molecule has 1 amide bonds. The fraction of sp³-hybridized carbons (Fsp3) is 0.357. The Morgan fingerprint density at radius 2 is 2.06 bits per heavy atom. The molecule has 0 saturated carbocycles. The van der Waals surface area contributed by atoms with Crippen LogP contribution in [0, 0.1) is 6.92 Å². The van der Waals surface area contributed by atoms with Crippen LogP contribution in [0.25, 0.3) is 11.0 Å². The molecule has 4 nitrogen and oxygen atoms in total. The summed E-state index contributed by atoms with van der Waals surface area (Å²) < 4.78 is 5.71. The van der Waals surface area contributed by atoms with Crippen LogP contribution in [0.15, 0.2) is 28.7 Å². The normalized spacial score (nSPS) is 11.8. The molecule has 0 aliphatic rings. The van der Waals surface area contributed by atoms with Gasteiger partial charge in [0.15, 0.2) is 0 Å². The quantitative estimate of drug-likeness (QED) is 0.871. The van der Waals surface area contributed by atoms with E-state index in [9.17, 15) is 4.79 Å². The number of hydrogen-bond donors (Lipinski definition) is 2.